The van der Waals surface area contributed by atoms with Crippen molar-refractivity contribution >= 4 is 29.7 Å². The van der Waals surface area contributed by atoms with E-state index in [4.69, 9.17) is 24.7 Å². The van der Waals surface area contributed by atoms with Crippen LogP contribution in [0.2, 0.25) is 0 Å². The lowest BCUT2D eigenvalue weighted by Crippen LogP contribution is -1.94. The van der Waals surface area contributed by atoms with E-state index in [1.165, 1.54) is 0 Å². The van der Waals surface area contributed by atoms with Crippen molar-refractivity contribution in [3.8, 4) is 0 Å². The first-order valence-corrected chi connectivity index (χ1v) is 6.45. The summed E-state index contributed by atoms with van der Waals surface area (Å²) in [6.07, 6.45) is -15.6. The maximum absolute atomic E-state index is 7.64. The lowest BCUT2D eigenvalue weighted by molar-refractivity contribution is 0.253. The molecule has 3 N–H and O–H groups in total. The van der Waals surface area contributed by atoms with Crippen molar-refractivity contribution in [3.63, 3.8) is 0 Å². The Morgan fingerprint density at radius 1 is 1.29 bits per heavy atom. The van der Waals surface area contributed by atoms with Crippen LogP contribution in [0.4, 0.5) is 0 Å². The van der Waals surface area contributed by atoms with E-state index in [1.54, 1.807) is 0 Å². The molecule has 0 unspecified atom stereocenters. The van der Waals surface area contributed by atoms with Crippen molar-refractivity contribution in [3.05, 3.63) is 0 Å². The molecule has 0 rings (SSSR count). The van der Waals surface area contributed by atoms with Gasteiger partial charge in [-0.25, -0.2) is 0 Å². The maximum Gasteiger partial charge on any atom is 0.244 e. The van der Waals surface area contributed by atoms with E-state index in [9.17, 15) is 0 Å². The van der Waals surface area contributed by atoms with Gasteiger partial charge in [0, 0.05) is 19.2 Å². The number of thiol groups is 1. The summed E-state index contributed by atoms with van der Waals surface area (Å²) in [7, 11) is 0. The van der Waals surface area contributed by atoms with Gasteiger partial charge < -0.3 is 15.2 Å². The van der Waals surface area contributed by atoms with Crippen LogP contribution in [0, 0.1) is 0 Å². The molecule has 6 heteroatoms. The zero-order valence-corrected chi connectivity index (χ0v) is 9.43. The van der Waals surface area contributed by atoms with E-state index in [2.05, 4.69) is 33.1 Å². The fourth-order valence-corrected chi connectivity index (χ4v) is 1.06. The van der Waals surface area contributed by atoms with Gasteiger partial charge in [0.25, 0.3) is 0 Å². The van der Waals surface area contributed by atoms with Gasteiger partial charge in [-0.1, -0.05) is 38.7 Å². The van der Waals surface area contributed by atoms with Gasteiger partial charge in [-0.15, -0.1) is 0 Å². The second-order valence-corrected chi connectivity index (χ2v) is 6.49. The monoisotopic (exact) mass is 277 g/mol. The highest BCUT2D eigenvalue weighted by molar-refractivity contribution is 8.60. The maximum atomic E-state index is 7.64. The van der Waals surface area contributed by atoms with Crippen LogP contribution in [0.3, 0.4) is 0 Å². The Kier molecular flexibility index (Phi) is 2.23. The van der Waals surface area contributed by atoms with Crippen LogP contribution in [0.1, 0.15) is 63.9 Å². The molecule has 0 aliphatic carbocycles. The summed E-state index contributed by atoms with van der Waals surface area (Å²) in [5.41, 5.74) is -4.78. The predicted molar refractivity (Wildman–Crippen MR) is 70.0 cm³/mol. The van der Waals surface area contributed by atoms with Gasteiger partial charge in [-0.05, 0) is 24.6 Å². The highest BCUT2D eigenvalue weighted by Gasteiger charge is 2.11. The fraction of sp³-hybridized carbons (Fsp3) is 1.00. The summed E-state index contributed by atoms with van der Waals surface area (Å²) < 4.78 is 142. The first-order valence-electron chi connectivity index (χ1n) is 11.7. The quantitative estimate of drug-likeness (QED) is 0.521. The number of hydrogen-bond donors (Lipinski definition) is 2. The molecule has 0 bridgehead atoms. The standard InChI is InChI=1S/C8H19O2PS2.H3N/c1-3-5-7-9-11(12,13)10-8-6-4-2;/h3-8H2,1-2H3,(H,12,13);1H3/i1D3,2D3,3D2,4D2,5D2,6D2,7D2,8D2;. The van der Waals surface area contributed by atoms with Crippen molar-refractivity contribution in [1.29, 1.82) is 0 Å². The molecule has 0 aromatic heterocycles. The molecule has 0 saturated carbocycles. The molecule has 0 aliphatic rings. The highest BCUT2D eigenvalue weighted by Crippen LogP contribution is 2.53. The summed E-state index contributed by atoms with van der Waals surface area (Å²) in [6.45, 7) is -15.2. The van der Waals surface area contributed by atoms with Gasteiger partial charge in [0.05, 0.1) is 18.6 Å². The van der Waals surface area contributed by atoms with E-state index in [0.29, 0.717) is 0 Å². The van der Waals surface area contributed by atoms with Crippen LogP contribution in [-0.4, -0.2) is 13.1 Å². The molecule has 0 atom stereocenters. The van der Waals surface area contributed by atoms with Gasteiger partial charge in [0.1, 0.15) is 0 Å². The van der Waals surface area contributed by atoms with E-state index in [0.717, 1.165) is 0 Å². The van der Waals surface area contributed by atoms with Crippen molar-refractivity contribution in [2.75, 3.05) is 13.1 Å². The third-order valence-electron chi connectivity index (χ3n) is 0.549. The summed E-state index contributed by atoms with van der Waals surface area (Å²) in [5, 5.41) is 0. The average Bonchev–Trinajstić information content (AvgIpc) is 2.41. The molecule has 0 spiro atoms. The van der Waals surface area contributed by atoms with Crippen LogP contribution >= 0.6 is 17.9 Å². The lowest BCUT2D eigenvalue weighted by atomic mass is 10.4. The van der Waals surface area contributed by atoms with E-state index in [-0.39, 0.29) is 6.15 Å². The SMILES string of the molecule is N.[2H]C([2H])([2H])C([2H])([2H])C([2H])([2H])C([2H])([2H])OP(=S)(S)OC([2H])([2H])C([2H])([2H])C([2H])([2H])C([2H])([2H])[2H]. The summed E-state index contributed by atoms with van der Waals surface area (Å²) in [4.78, 5) is 0. The lowest BCUT2D eigenvalue weighted by Gasteiger charge is -2.15. The molecule has 0 aromatic rings. The molecular formula is C8H22NO2PS2. The van der Waals surface area contributed by atoms with Gasteiger partial charge in [-0.3, -0.25) is 0 Å². The average molecular weight is 277 g/mol. The van der Waals surface area contributed by atoms with Gasteiger partial charge in [0.2, 0.25) is 5.69 Å². The minimum Gasteiger partial charge on any atom is -0.344 e. The van der Waals surface area contributed by atoms with E-state index < -0.39 is 58.0 Å². The van der Waals surface area contributed by atoms with Crippen LogP contribution in [0.25, 0.3) is 0 Å². The molecule has 88 valence electrons. The third kappa shape index (κ3) is 11.0. The topological polar surface area (TPSA) is 53.5 Å². The molecule has 0 saturated heterocycles. The molecule has 0 aromatic carbocycles. The second kappa shape index (κ2) is 10.4. The van der Waals surface area contributed by atoms with Crippen LogP contribution in [0.5, 0.6) is 0 Å². The first kappa shape index (κ1) is 3.01. The van der Waals surface area contributed by atoms with E-state index in [1.807, 2.05) is 0 Å². The largest absolute Gasteiger partial charge is 0.344 e. The van der Waals surface area contributed by atoms with Crippen LogP contribution in [-0.2, 0) is 20.9 Å². The Bertz CT molecular complexity index is 661. The Morgan fingerprint density at radius 3 is 2.07 bits per heavy atom. The zero-order chi connectivity index (χ0) is 25.9. The van der Waals surface area contributed by atoms with Crippen LogP contribution < -0.4 is 6.15 Å². The molecule has 0 heterocycles. The Hall–Kier alpha value is 0.880. The Balaban J connectivity index is 0. The molecule has 14 heavy (non-hydrogen) atoms. The predicted octanol–water partition coefficient (Wildman–Crippen LogP) is 3.94. The minimum atomic E-state index is -4.78. The normalized spacial score (nSPS) is 38.1. The van der Waals surface area contributed by atoms with Crippen molar-refractivity contribution in [2.45, 2.75) is 39.2 Å². The Morgan fingerprint density at radius 2 is 1.71 bits per heavy atom. The van der Waals surface area contributed by atoms with Crippen molar-refractivity contribution in [2.24, 2.45) is 0 Å². The summed E-state index contributed by atoms with van der Waals surface area (Å²) in [6, 6.07) is 0. The summed E-state index contributed by atoms with van der Waals surface area (Å²) in [5.74, 6) is 0. The molecule has 0 aliphatic heterocycles. The number of rotatable bonds is 8. The smallest absolute Gasteiger partial charge is 0.244 e. The van der Waals surface area contributed by atoms with Gasteiger partial charge in [0.15, 0.2) is 0 Å². The van der Waals surface area contributed by atoms with Crippen molar-refractivity contribution < 1.29 is 33.7 Å². The highest BCUT2D eigenvalue weighted by atomic mass is 32.9. The Labute approximate surface area is 123 Å². The minimum absolute atomic E-state index is 0. The van der Waals surface area contributed by atoms with Crippen LogP contribution in [0.15, 0.2) is 0 Å². The number of hydrogen-bond acceptors (Lipinski definition) is 4. The van der Waals surface area contributed by atoms with Gasteiger partial charge >= 0.3 is 0 Å². The molecule has 0 amide bonds. The molecule has 0 fully saturated rings. The molecule has 0 radical (unpaired) electrons. The van der Waals surface area contributed by atoms with Gasteiger partial charge in [-0.2, -0.15) is 0 Å². The second-order valence-electron chi connectivity index (χ2n) is 1.36. The third-order valence-corrected chi connectivity index (χ3v) is 2.13. The fourth-order valence-electron chi connectivity index (χ4n) is 0.231. The molecular weight excluding hydrogens is 237 g/mol. The van der Waals surface area contributed by atoms with Crippen molar-refractivity contribution in [1.82, 2.24) is 6.15 Å². The zero-order valence-electron chi connectivity index (χ0n) is 24.8. The summed E-state index contributed by atoms with van der Waals surface area (Å²) >= 11 is 8.12. The van der Waals surface area contributed by atoms with E-state index >= 15 is 0 Å². The first-order chi connectivity index (χ1) is 12.9. The molecule has 3 nitrogen and oxygen atoms in total.